The summed E-state index contributed by atoms with van der Waals surface area (Å²) in [5.74, 6) is 0.765. The molecule has 7 heteroatoms. The second kappa shape index (κ2) is 9.51. The fourth-order valence-corrected chi connectivity index (χ4v) is 4.30. The van der Waals surface area contributed by atoms with E-state index in [2.05, 4.69) is 31.0 Å². The van der Waals surface area contributed by atoms with Gasteiger partial charge >= 0.3 is 6.03 Å². The van der Waals surface area contributed by atoms with E-state index in [0.717, 1.165) is 49.5 Å². The molecule has 0 aromatic heterocycles. The third-order valence-corrected chi connectivity index (χ3v) is 6.36. The number of ether oxygens (including phenoxy) is 1. The van der Waals surface area contributed by atoms with Crippen LogP contribution in [0.4, 0.5) is 4.79 Å². The highest BCUT2D eigenvalue weighted by molar-refractivity contribution is 6.01. The quantitative estimate of drug-likeness (QED) is 0.675. The van der Waals surface area contributed by atoms with Crippen LogP contribution in [0.15, 0.2) is 35.5 Å². The molecule has 2 aliphatic heterocycles. The normalized spacial score (nSPS) is 20.0. The third kappa shape index (κ3) is 4.31. The number of methoxy groups -OCH3 is 1. The average molecular weight is 415 g/mol. The molecule has 0 bridgehead atoms. The average Bonchev–Trinajstić information content (AvgIpc) is 3.11. The predicted octanol–water partition coefficient (Wildman–Crippen LogP) is 3.00. The van der Waals surface area contributed by atoms with E-state index in [1.165, 1.54) is 0 Å². The van der Waals surface area contributed by atoms with Crippen molar-refractivity contribution in [1.29, 1.82) is 0 Å². The lowest BCUT2D eigenvalue weighted by Crippen LogP contribution is -2.45. The van der Waals surface area contributed by atoms with Crippen molar-refractivity contribution in [3.8, 4) is 5.75 Å². The largest absolute Gasteiger partial charge is 0.497 e. The molecule has 1 aromatic carbocycles. The van der Waals surface area contributed by atoms with Gasteiger partial charge in [0.2, 0.25) is 0 Å². The second-order valence-electron chi connectivity index (χ2n) is 8.03. The van der Waals surface area contributed by atoms with Gasteiger partial charge in [0, 0.05) is 13.1 Å². The zero-order valence-electron chi connectivity index (χ0n) is 18.8. The van der Waals surface area contributed by atoms with E-state index in [0.29, 0.717) is 12.1 Å². The Morgan fingerprint density at radius 3 is 2.47 bits per heavy atom. The first kappa shape index (κ1) is 22.2. The number of carbonyl (C=O) groups excluding carboxylic acids is 2. The minimum absolute atomic E-state index is 0.0213. The van der Waals surface area contributed by atoms with Gasteiger partial charge < -0.3 is 19.9 Å². The maximum atomic E-state index is 13.4. The number of rotatable bonds is 9. The lowest BCUT2D eigenvalue weighted by Gasteiger charge is -2.31. The SMILES string of the molecule is CCN(CC)CCCC(C)N1CC2=C(C1=O)C(c1ccc(OC)cc1)NC(=O)N2C. The van der Waals surface area contributed by atoms with E-state index in [9.17, 15) is 9.59 Å². The number of hydrogen-bond acceptors (Lipinski definition) is 4. The first-order valence-electron chi connectivity index (χ1n) is 10.9. The predicted molar refractivity (Wildman–Crippen MR) is 117 cm³/mol. The molecule has 2 heterocycles. The summed E-state index contributed by atoms with van der Waals surface area (Å²) in [6.07, 6.45) is 1.99. The van der Waals surface area contributed by atoms with Gasteiger partial charge in [-0.15, -0.1) is 0 Å². The Hall–Kier alpha value is -2.54. The summed E-state index contributed by atoms with van der Waals surface area (Å²) in [5.41, 5.74) is 2.37. The van der Waals surface area contributed by atoms with Crippen LogP contribution in [0.5, 0.6) is 5.75 Å². The summed E-state index contributed by atoms with van der Waals surface area (Å²) < 4.78 is 5.24. The number of nitrogens with zero attached hydrogens (tertiary/aromatic N) is 3. The number of hydrogen-bond donors (Lipinski definition) is 1. The minimum Gasteiger partial charge on any atom is -0.497 e. The Balaban J connectivity index is 1.76. The smallest absolute Gasteiger partial charge is 0.322 e. The van der Waals surface area contributed by atoms with Gasteiger partial charge in [-0.05, 0) is 57.1 Å². The highest BCUT2D eigenvalue weighted by Crippen LogP contribution is 2.37. The molecule has 7 nitrogen and oxygen atoms in total. The van der Waals surface area contributed by atoms with E-state index in [4.69, 9.17) is 4.74 Å². The molecule has 0 fully saturated rings. The molecular formula is C23H34N4O3. The number of amides is 3. The maximum absolute atomic E-state index is 13.4. The van der Waals surface area contributed by atoms with E-state index in [1.807, 2.05) is 29.2 Å². The first-order chi connectivity index (χ1) is 14.4. The summed E-state index contributed by atoms with van der Waals surface area (Å²) >= 11 is 0. The van der Waals surface area contributed by atoms with Crippen LogP contribution in [0.3, 0.4) is 0 Å². The number of likely N-dealkylation sites (N-methyl/N-ethyl adjacent to an activating group) is 1. The summed E-state index contributed by atoms with van der Waals surface area (Å²) in [7, 11) is 3.35. The molecule has 164 valence electrons. The van der Waals surface area contributed by atoms with Crippen LogP contribution >= 0.6 is 0 Å². The molecule has 2 unspecified atom stereocenters. The van der Waals surface area contributed by atoms with Gasteiger partial charge in [-0.2, -0.15) is 0 Å². The molecule has 1 aromatic rings. The Morgan fingerprint density at radius 1 is 1.20 bits per heavy atom. The monoisotopic (exact) mass is 414 g/mol. The van der Waals surface area contributed by atoms with Gasteiger partial charge in [0.25, 0.3) is 5.91 Å². The molecule has 0 saturated carbocycles. The van der Waals surface area contributed by atoms with Crippen molar-refractivity contribution in [2.24, 2.45) is 0 Å². The molecule has 0 radical (unpaired) electrons. The van der Waals surface area contributed by atoms with Gasteiger partial charge in [-0.1, -0.05) is 26.0 Å². The molecular weight excluding hydrogens is 380 g/mol. The molecule has 3 rings (SSSR count). The van der Waals surface area contributed by atoms with Crippen LogP contribution in [-0.2, 0) is 4.79 Å². The Morgan fingerprint density at radius 2 is 1.87 bits per heavy atom. The van der Waals surface area contributed by atoms with Gasteiger partial charge in [0.1, 0.15) is 5.75 Å². The van der Waals surface area contributed by atoms with E-state index < -0.39 is 6.04 Å². The summed E-state index contributed by atoms with van der Waals surface area (Å²) in [4.78, 5) is 31.9. The molecule has 0 saturated heterocycles. The van der Waals surface area contributed by atoms with Crippen molar-refractivity contribution in [2.45, 2.75) is 45.7 Å². The van der Waals surface area contributed by atoms with Crippen molar-refractivity contribution < 1.29 is 14.3 Å². The van der Waals surface area contributed by atoms with Crippen molar-refractivity contribution in [1.82, 2.24) is 20.0 Å². The molecule has 1 N–H and O–H groups in total. The zero-order chi connectivity index (χ0) is 21.8. The van der Waals surface area contributed by atoms with Gasteiger partial charge in [0.15, 0.2) is 0 Å². The first-order valence-corrected chi connectivity index (χ1v) is 10.9. The standard InChI is InChI=1S/C23H34N4O3/c1-6-26(7-2)14-8-9-16(3)27-15-19-20(22(27)28)21(24-23(29)25(19)4)17-10-12-18(30-5)13-11-17/h10-13,16,21H,6-9,14-15H2,1-5H3,(H,24,29). The molecule has 3 amide bonds. The van der Waals surface area contributed by atoms with E-state index >= 15 is 0 Å². The van der Waals surface area contributed by atoms with Crippen molar-refractivity contribution >= 4 is 11.9 Å². The van der Waals surface area contributed by atoms with Gasteiger partial charge in [0.05, 0.1) is 31.0 Å². The summed E-state index contributed by atoms with van der Waals surface area (Å²) in [6, 6.07) is 7.03. The van der Waals surface area contributed by atoms with Crippen LogP contribution < -0.4 is 10.1 Å². The third-order valence-electron chi connectivity index (χ3n) is 6.36. The lowest BCUT2D eigenvalue weighted by atomic mass is 9.95. The molecule has 30 heavy (non-hydrogen) atoms. The number of carbonyl (C=O) groups is 2. The van der Waals surface area contributed by atoms with Crippen LogP contribution in [0.2, 0.25) is 0 Å². The van der Waals surface area contributed by atoms with Crippen LogP contribution in [0.25, 0.3) is 0 Å². The lowest BCUT2D eigenvalue weighted by molar-refractivity contribution is -0.127. The fraction of sp³-hybridized carbons (Fsp3) is 0.565. The number of nitrogens with one attached hydrogen (secondary N) is 1. The Bertz CT molecular complexity index is 801. The van der Waals surface area contributed by atoms with E-state index in [-0.39, 0.29) is 18.0 Å². The van der Waals surface area contributed by atoms with Gasteiger partial charge in [-0.3, -0.25) is 9.69 Å². The van der Waals surface area contributed by atoms with Crippen molar-refractivity contribution in [2.75, 3.05) is 40.3 Å². The van der Waals surface area contributed by atoms with Crippen LogP contribution in [0, 0.1) is 0 Å². The second-order valence-corrected chi connectivity index (χ2v) is 8.03. The topological polar surface area (TPSA) is 65.1 Å². The van der Waals surface area contributed by atoms with Crippen molar-refractivity contribution in [3.05, 3.63) is 41.1 Å². The Kier molecular flexibility index (Phi) is 7.02. The maximum Gasteiger partial charge on any atom is 0.322 e. The minimum atomic E-state index is -0.435. The van der Waals surface area contributed by atoms with Crippen LogP contribution in [0.1, 0.15) is 45.2 Å². The number of urea groups is 1. The molecule has 2 aliphatic rings. The Labute approximate surface area is 179 Å². The molecule has 0 spiro atoms. The van der Waals surface area contributed by atoms with Crippen LogP contribution in [-0.4, -0.2) is 73.0 Å². The highest BCUT2D eigenvalue weighted by Gasteiger charge is 2.43. The number of benzene rings is 1. The van der Waals surface area contributed by atoms with E-state index in [1.54, 1.807) is 19.1 Å². The summed E-state index contributed by atoms with van der Waals surface area (Å²) in [5, 5.41) is 2.99. The molecule has 0 aliphatic carbocycles. The molecule has 2 atom stereocenters. The fourth-order valence-electron chi connectivity index (χ4n) is 4.30. The van der Waals surface area contributed by atoms with Crippen molar-refractivity contribution in [3.63, 3.8) is 0 Å². The zero-order valence-corrected chi connectivity index (χ0v) is 18.8. The summed E-state index contributed by atoms with van der Waals surface area (Å²) in [6.45, 7) is 10.1. The van der Waals surface area contributed by atoms with Gasteiger partial charge in [-0.25, -0.2) is 4.79 Å². The highest BCUT2D eigenvalue weighted by atomic mass is 16.5.